The highest BCUT2D eigenvalue weighted by Crippen LogP contribution is 2.24. The van der Waals surface area contributed by atoms with Crippen LogP contribution in [0.25, 0.3) is 0 Å². The van der Waals surface area contributed by atoms with Crippen molar-refractivity contribution in [2.24, 2.45) is 5.92 Å². The Balaban J connectivity index is 1.64. The minimum Gasteiger partial charge on any atom is -0.481 e. The van der Waals surface area contributed by atoms with E-state index in [9.17, 15) is 9.59 Å². The van der Waals surface area contributed by atoms with Gasteiger partial charge in [0.25, 0.3) is 5.91 Å². The Labute approximate surface area is 153 Å². The second-order valence-electron chi connectivity index (χ2n) is 6.67. The molecule has 1 aromatic heterocycles. The average Bonchev–Trinajstić information content (AvgIpc) is 2.68. The predicted octanol–water partition coefficient (Wildman–Crippen LogP) is 2.65. The summed E-state index contributed by atoms with van der Waals surface area (Å²) in [5.74, 6) is -0.978. The van der Waals surface area contributed by atoms with Crippen LogP contribution in [0.3, 0.4) is 0 Å². The monoisotopic (exact) mass is 353 g/mol. The van der Waals surface area contributed by atoms with Crippen LogP contribution in [0.1, 0.15) is 28.8 Å². The quantitative estimate of drug-likeness (QED) is 0.894. The van der Waals surface area contributed by atoms with Crippen LogP contribution < -0.4 is 4.90 Å². The molecule has 0 saturated carbocycles. The molecule has 1 aromatic carbocycles. The minimum atomic E-state index is -0.699. The lowest BCUT2D eigenvalue weighted by Gasteiger charge is -2.32. The zero-order valence-corrected chi connectivity index (χ0v) is 14.8. The molecule has 0 unspecified atom stereocenters. The van der Waals surface area contributed by atoms with E-state index in [0.29, 0.717) is 24.9 Å². The summed E-state index contributed by atoms with van der Waals surface area (Å²) < 4.78 is 0. The maximum Gasteiger partial charge on any atom is 0.306 e. The van der Waals surface area contributed by atoms with Crippen molar-refractivity contribution >= 4 is 17.6 Å². The molecule has 6 heteroatoms. The number of aromatic nitrogens is 1. The second kappa shape index (κ2) is 7.99. The first-order chi connectivity index (χ1) is 12.5. The number of rotatable bonds is 5. The van der Waals surface area contributed by atoms with Gasteiger partial charge >= 0.3 is 5.97 Å². The maximum atomic E-state index is 12.5. The van der Waals surface area contributed by atoms with E-state index in [-0.39, 0.29) is 11.8 Å². The van der Waals surface area contributed by atoms with Gasteiger partial charge in [-0.2, -0.15) is 0 Å². The Bertz CT molecular complexity index is 771. The van der Waals surface area contributed by atoms with Gasteiger partial charge in [-0.3, -0.25) is 14.6 Å². The summed E-state index contributed by atoms with van der Waals surface area (Å²) in [6.07, 6.45) is 4.56. The fourth-order valence-electron chi connectivity index (χ4n) is 3.30. The fourth-order valence-corrected chi connectivity index (χ4v) is 3.30. The molecule has 1 fully saturated rings. The molecule has 6 nitrogen and oxygen atoms in total. The number of carbonyl (C=O) groups excluding carboxylic acids is 1. The first kappa shape index (κ1) is 17.9. The molecule has 1 N–H and O–H groups in total. The smallest absolute Gasteiger partial charge is 0.306 e. The Kier molecular flexibility index (Phi) is 5.51. The summed E-state index contributed by atoms with van der Waals surface area (Å²) in [6, 6.07) is 11.5. The lowest BCUT2D eigenvalue weighted by molar-refractivity contribution is -0.142. The lowest BCUT2D eigenvalue weighted by atomic mass is 9.96. The van der Waals surface area contributed by atoms with Crippen LogP contribution in [0.5, 0.6) is 0 Å². The Morgan fingerprint density at radius 2 is 1.88 bits per heavy atom. The number of carboxylic acids is 1. The summed E-state index contributed by atoms with van der Waals surface area (Å²) in [4.78, 5) is 31.4. The molecule has 0 atom stereocenters. The molecule has 2 heterocycles. The van der Waals surface area contributed by atoms with Crippen molar-refractivity contribution in [2.75, 3.05) is 25.0 Å². The average molecular weight is 353 g/mol. The van der Waals surface area contributed by atoms with Crippen molar-refractivity contribution in [2.45, 2.75) is 19.4 Å². The SMILES string of the molecule is CN(Cc1cccc(N2CCC(C(=O)O)CC2)c1)C(=O)c1ccncc1. The maximum absolute atomic E-state index is 12.5. The van der Waals surface area contributed by atoms with Crippen LogP contribution in [-0.2, 0) is 11.3 Å². The van der Waals surface area contributed by atoms with Gasteiger partial charge in [-0.05, 0) is 42.7 Å². The number of benzene rings is 1. The van der Waals surface area contributed by atoms with Gasteiger partial charge in [0.1, 0.15) is 0 Å². The number of carbonyl (C=O) groups is 2. The van der Waals surface area contributed by atoms with Crippen LogP contribution >= 0.6 is 0 Å². The molecular formula is C20H23N3O3. The largest absolute Gasteiger partial charge is 0.481 e. The fraction of sp³-hybridized carbons (Fsp3) is 0.350. The highest BCUT2D eigenvalue weighted by atomic mass is 16.4. The molecule has 136 valence electrons. The molecule has 1 aliphatic heterocycles. The third-order valence-electron chi connectivity index (χ3n) is 4.81. The van der Waals surface area contributed by atoms with E-state index in [2.05, 4.69) is 16.0 Å². The zero-order valence-electron chi connectivity index (χ0n) is 14.8. The molecular weight excluding hydrogens is 330 g/mol. The summed E-state index contributed by atoms with van der Waals surface area (Å²) in [7, 11) is 1.79. The minimum absolute atomic E-state index is 0.0416. The van der Waals surface area contributed by atoms with Gasteiger partial charge < -0.3 is 14.9 Å². The zero-order chi connectivity index (χ0) is 18.5. The Morgan fingerprint density at radius 3 is 2.54 bits per heavy atom. The van der Waals surface area contributed by atoms with Gasteiger partial charge in [-0.15, -0.1) is 0 Å². The summed E-state index contributed by atoms with van der Waals surface area (Å²) in [6.45, 7) is 2.00. The molecule has 1 amide bonds. The van der Waals surface area contributed by atoms with E-state index in [1.807, 2.05) is 18.2 Å². The van der Waals surface area contributed by atoms with Crippen LogP contribution in [0.4, 0.5) is 5.69 Å². The molecule has 0 spiro atoms. The number of aliphatic carboxylic acids is 1. The van der Waals surface area contributed by atoms with Gasteiger partial charge in [0.05, 0.1) is 5.92 Å². The van der Waals surface area contributed by atoms with Gasteiger partial charge in [-0.25, -0.2) is 0 Å². The third kappa shape index (κ3) is 4.20. The van der Waals surface area contributed by atoms with Crippen molar-refractivity contribution in [1.29, 1.82) is 0 Å². The molecule has 26 heavy (non-hydrogen) atoms. The highest BCUT2D eigenvalue weighted by molar-refractivity contribution is 5.93. The van der Waals surface area contributed by atoms with Crippen molar-refractivity contribution in [1.82, 2.24) is 9.88 Å². The van der Waals surface area contributed by atoms with Gasteiger partial charge in [-0.1, -0.05) is 12.1 Å². The van der Waals surface area contributed by atoms with Crippen LogP contribution in [0.15, 0.2) is 48.8 Å². The number of hydrogen-bond acceptors (Lipinski definition) is 4. The van der Waals surface area contributed by atoms with Crippen LogP contribution in [-0.4, -0.2) is 47.0 Å². The van der Waals surface area contributed by atoms with E-state index < -0.39 is 5.97 Å². The van der Waals surface area contributed by atoms with Crippen molar-refractivity contribution in [3.8, 4) is 0 Å². The molecule has 0 bridgehead atoms. The van der Waals surface area contributed by atoms with Gasteiger partial charge in [0.2, 0.25) is 0 Å². The number of nitrogens with zero attached hydrogens (tertiary/aromatic N) is 3. The molecule has 3 rings (SSSR count). The normalized spacial score (nSPS) is 14.9. The van der Waals surface area contributed by atoms with E-state index in [0.717, 1.165) is 24.3 Å². The number of carboxylic acid groups (broad SMARTS) is 1. The lowest BCUT2D eigenvalue weighted by Crippen LogP contribution is -2.36. The van der Waals surface area contributed by atoms with E-state index in [4.69, 9.17) is 5.11 Å². The molecule has 1 aliphatic rings. The standard InChI is InChI=1S/C20H23N3O3/c1-22(19(24)16-5-9-21-10-6-16)14-15-3-2-4-18(13-15)23-11-7-17(8-12-23)20(25)26/h2-6,9-10,13,17H,7-8,11-12,14H2,1H3,(H,25,26). The third-order valence-corrected chi connectivity index (χ3v) is 4.81. The Hall–Kier alpha value is -2.89. The highest BCUT2D eigenvalue weighted by Gasteiger charge is 2.24. The van der Waals surface area contributed by atoms with Crippen molar-refractivity contribution < 1.29 is 14.7 Å². The molecule has 0 radical (unpaired) electrons. The number of anilines is 1. The van der Waals surface area contributed by atoms with E-state index >= 15 is 0 Å². The number of amides is 1. The number of hydrogen-bond donors (Lipinski definition) is 1. The van der Waals surface area contributed by atoms with Gasteiger partial charge in [0.15, 0.2) is 0 Å². The predicted molar refractivity (Wildman–Crippen MR) is 99.0 cm³/mol. The topological polar surface area (TPSA) is 73.7 Å². The van der Waals surface area contributed by atoms with E-state index in [1.54, 1.807) is 36.5 Å². The summed E-state index contributed by atoms with van der Waals surface area (Å²) >= 11 is 0. The Morgan fingerprint density at radius 1 is 1.19 bits per heavy atom. The van der Waals surface area contributed by atoms with Crippen molar-refractivity contribution in [3.05, 3.63) is 59.9 Å². The number of pyridine rings is 1. The van der Waals surface area contributed by atoms with Crippen molar-refractivity contribution in [3.63, 3.8) is 0 Å². The number of piperidine rings is 1. The summed E-state index contributed by atoms with van der Waals surface area (Å²) in [5.41, 5.74) is 2.75. The second-order valence-corrected chi connectivity index (χ2v) is 6.67. The van der Waals surface area contributed by atoms with E-state index in [1.165, 1.54) is 0 Å². The first-order valence-corrected chi connectivity index (χ1v) is 8.77. The first-order valence-electron chi connectivity index (χ1n) is 8.77. The molecule has 1 saturated heterocycles. The van der Waals surface area contributed by atoms with Crippen LogP contribution in [0, 0.1) is 5.92 Å². The molecule has 2 aromatic rings. The van der Waals surface area contributed by atoms with Gasteiger partial charge in [0, 0.05) is 50.3 Å². The van der Waals surface area contributed by atoms with Crippen LogP contribution in [0.2, 0.25) is 0 Å². The summed E-state index contributed by atoms with van der Waals surface area (Å²) in [5, 5.41) is 9.12. The molecule has 0 aliphatic carbocycles.